The average molecular weight is 336 g/mol. The van der Waals surface area contributed by atoms with E-state index in [1.165, 1.54) is 29.2 Å². The lowest BCUT2D eigenvalue weighted by atomic mass is 10.1. The minimum absolute atomic E-state index is 0.148. The molecule has 7 heteroatoms. The van der Waals surface area contributed by atoms with Crippen LogP contribution in [0.2, 0.25) is 0 Å². The molecule has 1 amide bonds. The van der Waals surface area contributed by atoms with Crippen molar-refractivity contribution >= 4 is 21.6 Å². The molecular weight excluding hydrogens is 319 g/mol. The van der Waals surface area contributed by atoms with Crippen molar-refractivity contribution in [3.8, 4) is 0 Å². The predicted octanol–water partition coefficient (Wildman–Crippen LogP) is 2.64. The second-order valence-corrected chi connectivity index (χ2v) is 6.91. The molecule has 5 nitrogen and oxygen atoms in total. The molecule has 0 aliphatic carbocycles. The molecule has 2 aromatic carbocycles. The number of carbonyl (C=O) groups excluding carboxylic acids is 1. The van der Waals surface area contributed by atoms with Crippen molar-refractivity contribution in [2.24, 2.45) is 0 Å². The first-order chi connectivity index (χ1) is 10.7. The fourth-order valence-electron chi connectivity index (χ4n) is 2.06. The lowest BCUT2D eigenvalue weighted by Crippen LogP contribution is -2.24. The van der Waals surface area contributed by atoms with Gasteiger partial charge in [-0.3, -0.25) is 9.52 Å². The zero-order chi connectivity index (χ0) is 17.2. The summed E-state index contributed by atoms with van der Waals surface area (Å²) >= 11 is 0. The number of nitrogens with zero attached hydrogens (tertiary/aromatic N) is 1. The topological polar surface area (TPSA) is 66.5 Å². The van der Waals surface area contributed by atoms with E-state index in [2.05, 4.69) is 4.72 Å². The van der Waals surface area contributed by atoms with Crippen LogP contribution in [0.25, 0.3) is 0 Å². The van der Waals surface area contributed by atoms with Gasteiger partial charge in [-0.1, -0.05) is 18.2 Å². The number of sulfonamides is 1. The first-order valence-electron chi connectivity index (χ1n) is 6.82. The van der Waals surface area contributed by atoms with Crippen molar-refractivity contribution in [2.45, 2.75) is 11.8 Å². The van der Waals surface area contributed by atoms with Crippen LogP contribution < -0.4 is 4.72 Å². The van der Waals surface area contributed by atoms with E-state index in [0.29, 0.717) is 5.56 Å². The zero-order valence-corrected chi connectivity index (χ0v) is 13.8. The van der Waals surface area contributed by atoms with Crippen LogP contribution in [0.5, 0.6) is 0 Å². The van der Waals surface area contributed by atoms with Crippen molar-refractivity contribution in [2.75, 3.05) is 18.8 Å². The summed E-state index contributed by atoms with van der Waals surface area (Å²) in [4.78, 5) is 13.3. The minimum Gasteiger partial charge on any atom is -0.345 e. The number of carbonyl (C=O) groups is 1. The number of anilines is 1. The molecule has 0 unspecified atom stereocenters. The Morgan fingerprint density at radius 1 is 1.13 bits per heavy atom. The van der Waals surface area contributed by atoms with Crippen molar-refractivity contribution in [1.29, 1.82) is 0 Å². The Balaban J connectivity index is 2.46. The van der Waals surface area contributed by atoms with Gasteiger partial charge in [-0.15, -0.1) is 0 Å². The number of aryl methyl sites for hydroxylation is 1. The van der Waals surface area contributed by atoms with E-state index in [1.54, 1.807) is 33.2 Å². The maximum absolute atomic E-state index is 13.4. The maximum atomic E-state index is 13.4. The van der Waals surface area contributed by atoms with E-state index in [4.69, 9.17) is 0 Å². The number of hydrogen-bond acceptors (Lipinski definition) is 3. The lowest BCUT2D eigenvalue weighted by Gasteiger charge is -2.16. The van der Waals surface area contributed by atoms with E-state index < -0.39 is 15.8 Å². The summed E-state index contributed by atoms with van der Waals surface area (Å²) in [7, 11) is -0.861. The monoisotopic (exact) mass is 336 g/mol. The second-order valence-electron chi connectivity index (χ2n) is 5.26. The van der Waals surface area contributed by atoms with Crippen LogP contribution in [0.1, 0.15) is 15.9 Å². The van der Waals surface area contributed by atoms with Crippen LogP contribution in [0.3, 0.4) is 0 Å². The average Bonchev–Trinajstić information content (AvgIpc) is 2.49. The van der Waals surface area contributed by atoms with Gasteiger partial charge in [-0.25, -0.2) is 12.8 Å². The maximum Gasteiger partial charge on any atom is 0.262 e. The molecule has 122 valence electrons. The van der Waals surface area contributed by atoms with E-state index in [9.17, 15) is 17.6 Å². The van der Waals surface area contributed by atoms with Gasteiger partial charge in [0.15, 0.2) is 0 Å². The molecule has 0 saturated heterocycles. The van der Waals surface area contributed by atoms with Gasteiger partial charge in [0.1, 0.15) is 5.82 Å². The number of para-hydroxylation sites is 1. The molecule has 0 aliphatic rings. The molecule has 23 heavy (non-hydrogen) atoms. The molecule has 0 heterocycles. The van der Waals surface area contributed by atoms with Crippen LogP contribution in [0.15, 0.2) is 47.4 Å². The van der Waals surface area contributed by atoms with Crippen molar-refractivity contribution in [3.63, 3.8) is 0 Å². The second kappa shape index (κ2) is 6.37. The normalized spacial score (nSPS) is 11.1. The molecule has 0 radical (unpaired) electrons. The van der Waals surface area contributed by atoms with Crippen molar-refractivity contribution in [1.82, 2.24) is 4.90 Å². The van der Waals surface area contributed by atoms with Crippen molar-refractivity contribution < 1.29 is 17.6 Å². The number of rotatable bonds is 4. The highest BCUT2D eigenvalue weighted by molar-refractivity contribution is 7.92. The molecular formula is C16H17FN2O3S. The van der Waals surface area contributed by atoms with E-state index in [0.717, 1.165) is 6.07 Å². The Labute approximate surface area is 134 Å². The molecule has 0 aromatic heterocycles. The van der Waals surface area contributed by atoms with E-state index in [1.807, 2.05) is 0 Å². The van der Waals surface area contributed by atoms with Crippen molar-refractivity contribution in [3.05, 3.63) is 59.4 Å². The van der Waals surface area contributed by atoms with Crippen LogP contribution >= 0.6 is 0 Å². The Morgan fingerprint density at radius 3 is 2.43 bits per heavy atom. The minimum atomic E-state index is -4.01. The number of benzene rings is 2. The summed E-state index contributed by atoms with van der Waals surface area (Å²) in [5.74, 6) is -0.979. The standard InChI is InChI=1S/C16H17FN2O3S/c1-11-8-9-12(17)10-15(11)23(21,22)18-14-7-5-4-6-13(14)16(20)19(2)3/h4-10,18H,1-3H3. The Bertz CT molecular complexity index is 848. The first kappa shape index (κ1) is 17.0. The Morgan fingerprint density at radius 2 is 1.78 bits per heavy atom. The lowest BCUT2D eigenvalue weighted by molar-refractivity contribution is 0.0828. The van der Waals surface area contributed by atoms with Crippen LogP contribution in [-0.2, 0) is 10.0 Å². The molecule has 0 bridgehead atoms. The highest BCUT2D eigenvalue weighted by Crippen LogP contribution is 2.23. The molecule has 0 atom stereocenters. The first-order valence-corrected chi connectivity index (χ1v) is 8.30. The van der Waals surface area contributed by atoms with Gasteiger partial charge in [0.05, 0.1) is 16.1 Å². The summed E-state index contributed by atoms with van der Waals surface area (Å²) in [6.07, 6.45) is 0. The highest BCUT2D eigenvalue weighted by atomic mass is 32.2. The number of amides is 1. The third-order valence-corrected chi connectivity index (χ3v) is 4.76. The van der Waals surface area contributed by atoms with Gasteiger partial charge in [-0.2, -0.15) is 0 Å². The predicted molar refractivity (Wildman–Crippen MR) is 86.4 cm³/mol. The zero-order valence-electron chi connectivity index (χ0n) is 13.0. The van der Waals surface area contributed by atoms with Gasteiger partial charge < -0.3 is 4.90 Å². The van der Waals surface area contributed by atoms with Gasteiger partial charge in [0.25, 0.3) is 15.9 Å². The highest BCUT2D eigenvalue weighted by Gasteiger charge is 2.21. The van der Waals surface area contributed by atoms with Gasteiger partial charge in [0, 0.05) is 14.1 Å². The number of halogens is 1. The third-order valence-electron chi connectivity index (χ3n) is 3.25. The summed E-state index contributed by atoms with van der Waals surface area (Å²) in [5, 5.41) is 0. The molecule has 1 N–H and O–H groups in total. The molecule has 0 spiro atoms. The molecule has 0 aliphatic heterocycles. The molecule has 2 aromatic rings. The molecule has 0 saturated carbocycles. The van der Waals surface area contributed by atoms with Gasteiger partial charge in [0.2, 0.25) is 0 Å². The van der Waals surface area contributed by atoms with Crippen LogP contribution in [0.4, 0.5) is 10.1 Å². The summed E-state index contributed by atoms with van der Waals surface area (Å²) in [6, 6.07) is 9.80. The smallest absolute Gasteiger partial charge is 0.262 e. The summed E-state index contributed by atoms with van der Waals surface area (Å²) < 4.78 is 40.8. The fourth-order valence-corrected chi connectivity index (χ4v) is 3.40. The van der Waals surface area contributed by atoms with Gasteiger partial charge in [-0.05, 0) is 36.8 Å². The van der Waals surface area contributed by atoms with E-state index in [-0.39, 0.29) is 22.1 Å². The fraction of sp³-hybridized carbons (Fsp3) is 0.188. The largest absolute Gasteiger partial charge is 0.345 e. The number of nitrogens with one attached hydrogen (secondary N) is 1. The number of hydrogen-bond donors (Lipinski definition) is 1. The van der Waals surface area contributed by atoms with Gasteiger partial charge >= 0.3 is 0 Å². The Kier molecular flexibility index (Phi) is 4.70. The summed E-state index contributed by atoms with van der Waals surface area (Å²) in [5.41, 5.74) is 0.778. The quantitative estimate of drug-likeness (QED) is 0.933. The van der Waals surface area contributed by atoms with E-state index >= 15 is 0 Å². The third kappa shape index (κ3) is 3.68. The molecule has 0 fully saturated rings. The van der Waals surface area contributed by atoms with Crippen LogP contribution in [-0.4, -0.2) is 33.3 Å². The van der Waals surface area contributed by atoms with Crippen LogP contribution in [0, 0.1) is 12.7 Å². The molecule has 2 rings (SSSR count). The summed E-state index contributed by atoms with van der Waals surface area (Å²) in [6.45, 7) is 1.57. The SMILES string of the molecule is Cc1ccc(F)cc1S(=O)(=O)Nc1ccccc1C(=O)N(C)C. The Hall–Kier alpha value is -2.41.